The summed E-state index contributed by atoms with van der Waals surface area (Å²) >= 11 is 0. The Morgan fingerprint density at radius 3 is 2.50 bits per heavy atom. The zero-order valence-electron chi connectivity index (χ0n) is 10.4. The van der Waals surface area contributed by atoms with Crippen LogP contribution in [0.5, 0.6) is 0 Å². The first-order valence-corrected chi connectivity index (χ1v) is 6.13. The van der Waals surface area contributed by atoms with Gasteiger partial charge in [0.15, 0.2) is 0 Å². The molecule has 88 valence electrons. The molecular formula is C14H22N2. The molecule has 1 fully saturated rings. The molecule has 2 nitrogen and oxygen atoms in total. The van der Waals surface area contributed by atoms with Gasteiger partial charge in [-0.15, -0.1) is 0 Å². The van der Waals surface area contributed by atoms with E-state index in [2.05, 4.69) is 54.4 Å². The molecule has 0 spiro atoms. The molecule has 16 heavy (non-hydrogen) atoms. The average Bonchev–Trinajstić information content (AvgIpc) is 2.23. The van der Waals surface area contributed by atoms with E-state index in [0.29, 0.717) is 5.41 Å². The molecule has 1 heterocycles. The first-order chi connectivity index (χ1) is 7.66. The van der Waals surface area contributed by atoms with Crippen molar-refractivity contribution < 1.29 is 0 Å². The molecule has 0 bridgehead atoms. The summed E-state index contributed by atoms with van der Waals surface area (Å²) < 4.78 is 0. The molecule has 1 saturated heterocycles. The monoisotopic (exact) mass is 218 g/mol. The summed E-state index contributed by atoms with van der Waals surface area (Å²) in [5.74, 6) is 0. The summed E-state index contributed by atoms with van der Waals surface area (Å²) in [5.41, 5.74) is 1.92. The maximum atomic E-state index is 3.49. The first-order valence-electron chi connectivity index (χ1n) is 6.13. The summed E-state index contributed by atoms with van der Waals surface area (Å²) in [5, 5.41) is 3.49. The molecule has 2 heteroatoms. The van der Waals surface area contributed by atoms with Crippen molar-refractivity contribution in [3.8, 4) is 0 Å². The molecule has 1 aliphatic heterocycles. The van der Waals surface area contributed by atoms with Crippen molar-refractivity contribution in [3.05, 3.63) is 35.9 Å². The van der Waals surface area contributed by atoms with Gasteiger partial charge in [0.1, 0.15) is 0 Å². The van der Waals surface area contributed by atoms with Crippen LogP contribution in [0.4, 0.5) is 0 Å². The normalized spacial score (nSPS) is 19.4. The molecule has 1 aliphatic rings. The summed E-state index contributed by atoms with van der Waals surface area (Å²) in [6.45, 7) is 10.4. The van der Waals surface area contributed by atoms with Crippen molar-refractivity contribution in [1.29, 1.82) is 0 Å². The fourth-order valence-corrected chi connectivity index (χ4v) is 2.39. The van der Waals surface area contributed by atoms with Gasteiger partial charge in [-0.25, -0.2) is 0 Å². The fraction of sp³-hybridized carbons (Fsp3) is 0.571. The Labute approximate surface area is 98.7 Å². The van der Waals surface area contributed by atoms with Gasteiger partial charge in [0.05, 0.1) is 0 Å². The molecule has 1 aromatic carbocycles. The number of hydrogen-bond acceptors (Lipinski definition) is 2. The third kappa shape index (κ3) is 3.32. The van der Waals surface area contributed by atoms with Gasteiger partial charge in [0.2, 0.25) is 0 Å². The lowest BCUT2D eigenvalue weighted by atomic mass is 9.84. The number of hydrogen-bond donors (Lipinski definition) is 1. The van der Waals surface area contributed by atoms with E-state index < -0.39 is 0 Å². The van der Waals surface area contributed by atoms with E-state index in [4.69, 9.17) is 0 Å². The van der Waals surface area contributed by atoms with Crippen LogP contribution in [0.3, 0.4) is 0 Å². The Hall–Kier alpha value is -0.860. The molecule has 0 amide bonds. The van der Waals surface area contributed by atoms with Gasteiger partial charge >= 0.3 is 0 Å². The van der Waals surface area contributed by atoms with Gasteiger partial charge in [-0.05, 0) is 11.0 Å². The largest absolute Gasteiger partial charge is 0.311 e. The van der Waals surface area contributed by atoms with Crippen LogP contribution < -0.4 is 5.32 Å². The van der Waals surface area contributed by atoms with Crippen LogP contribution in [0.15, 0.2) is 30.3 Å². The maximum Gasteiger partial charge on any atom is 0.0206 e. The Kier molecular flexibility index (Phi) is 3.62. The molecule has 0 aliphatic carbocycles. The summed E-state index contributed by atoms with van der Waals surface area (Å²) in [6.07, 6.45) is 0. The third-order valence-corrected chi connectivity index (χ3v) is 3.08. The van der Waals surface area contributed by atoms with Crippen molar-refractivity contribution in [2.24, 2.45) is 5.41 Å². The molecule has 1 aromatic rings. The third-order valence-electron chi connectivity index (χ3n) is 3.08. The Morgan fingerprint density at radius 2 is 1.88 bits per heavy atom. The van der Waals surface area contributed by atoms with Crippen LogP contribution in [0.2, 0.25) is 0 Å². The number of likely N-dealkylation sites (tertiary alicyclic amines) is 1. The minimum absolute atomic E-state index is 0.555. The lowest BCUT2D eigenvalue weighted by Crippen LogP contribution is -2.54. The number of benzene rings is 1. The minimum Gasteiger partial charge on any atom is -0.311 e. The summed E-state index contributed by atoms with van der Waals surface area (Å²) in [6, 6.07) is 10.6. The first kappa shape index (κ1) is 11.6. The highest BCUT2D eigenvalue weighted by Crippen LogP contribution is 2.27. The second-order valence-electron chi connectivity index (χ2n) is 5.54. The predicted molar refractivity (Wildman–Crippen MR) is 68.4 cm³/mol. The molecule has 1 N–H and O–H groups in total. The molecule has 0 radical (unpaired) electrons. The molecule has 0 aromatic heterocycles. The predicted octanol–water partition coefficient (Wildman–Crippen LogP) is 2.12. The van der Waals surface area contributed by atoms with Crippen LogP contribution in [-0.2, 0) is 6.54 Å². The van der Waals surface area contributed by atoms with Crippen LogP contribution in [0.1, 0.15) is 19.4 Å². The van der Waals surface area contributed by atoms with Crippen molar-refractivity contribution in [1.82, 2.24) is 10.2 Å². The average molecular weight is 218 g/mol. The van der Waals surface area contributed by atoms with Crippen LogP contribution >= 0.6 is 0 Å². The topological polar surface area (TPSA) is 15.3 Å². The van der Waals surface area contributed by atoms with Gasteiger partial charge in [-0.2, -0.15) is 0 Å². The van der Waals surface area contributed by atoms with Crippen molar-refractivity contribution in [2.75, 3.05) is 26.2 Å². The zero-order chi connectivity index (χ0) is 11.4. The molecule has 0 unspecified atom stereocenters. The van der Waals surface area contributed by atoms with Crippen LogP contribution in [0, 0.1) is 5.41 Å². The van der Waals surface area contributed by atoms with Crippen LogP contribution in [0.25, 0.3) is 0 Å². The SMILES string of the molecule is CC1(C)CN(CCNCc2ccccc2)C1. The number of rotatable bonds is 5. The number of nitrogens with one attached hydrogen (secondary N) is 1. The molecule has 2 rings (SSSR count). The van der Waals surface area contributed by atoms with E-state index in [0.717, 1.165) is 13.1 Å². The van der Waals surface area contributed by atoms with Crippen molar-refractivity contribution in [2.45, 2.75) is 20.4 Å². The van der Waals surface area contributed by atoms with Crippen LogP contribution in [-0.4, -0.2) is 31.1 Å². The fourth-order valence-electron chi connectivity index (χ4n) is 2.39. The lowest BCUT2D eigenvalue weighted by molar-refractivity contribution is 0.0324. The van der Waals surface area contributed by atoms with Gasteiger partial charge in [0.25, 0.3) is 0 Å². The maximum absolute atomic E-state index is 3.49. The van der Waals surface area contributed by atoms with Gasteiger partial charge in [-0.3, -0.25) is 0 Å². The van der Waals surface area contributed by atoms with E-state index >= 15 is 0 Å². The Bertz CT molecular complexity index is 311. The van der Waals surface area contributed by atoms with Gasteiger partial charge < -0.3 is 10.2 Å². The highest BCUT2D eigenvalue weighted by Gasteiger charge is 2.33. The van der Waals surface area contributed by atoms with E-state index in [-0.39, 0.29) is 0 Å². The Morgan fingerprint density at radius 1 is 1.19 bits per heavy atom. The zero-order valence-corrected chi connectivity index (χ0v) is 10.4. The molecular weight excluding hydrogens is 196 g/mol. The van der Waals surface area contributed by atoms with E-state index in [1.54, 1.807) is 0 Å². The minimum atomic E-state index is 0.555. The molecule has 0 saturated carbocycles. The van der Waals surface area contributed by atoms with Crippen molar-refractivity contribution >= 4 is 0 Å². The Balaban J connectivity index is 1.57. The van der Waals surface area contributed by atoms with E-state index in [1.807, 2.05) is 0 Å². The van der Waals surface area contributed by atoms with E-state index in [9.17, 15) is 0 Å². The van der Waals surface area contributed by atoms with Crippen molar-refractivity contribution in [3.63, 3.8) is 0 Å². The smallest absolute Gasteiger partial charge is 0.0206 e. The standard InChI is InChI=1S/C14H22N2/c1-14(2)11-16(12-14)9-8-15-10-13-6-4-3-5-7-13/h3-7,15H,8-12H2,1-2H3. The van der Waals surface area contributed by atoms with Gasteiger partial charge in [0, 0.05) is 32.7 Å². The van der Waals surface area contributed by atoms with E-state index in [1.165, 1.54) is 25.2 Å². The molecule has 0 atom stereocenters. The highest BCUT2D eigenvalue weighted by molar-refractivity contribution is 5.14. The summed E-state index contributed by atoms with van der Waals surface area (Å²) in [7, 11) is 0. The second kappa shape index (κ2) is 4.98. The van der Waals surface area contributed by atoms with Gasteiger partial charge in [-0.1, -0.05) is 44.2 Å². The summed E-state index contributed by atoms with van der Waals surface area (Å²) in [4.78, 5) is 2.51. The highest BCUT2D eigenvalue weighted by atomic mass is 15.2. The lowest BCUT2D eigenvalue weighted by Gasteiger charge is -2.46. The quantitative estimate of drug-likeness (QED) is 0.762. The number of nitrogens with zero attached hydrogens (tertiary/aromatic N) is 1. The second-order valence-corrected chi connectivity index (χ2v) is 5.54.